The Kier molecular flexibility index (Phi) is 7.26. The van der Waals surface area contributed by atoms with E-state index in [0.717, 1.165) is 56.7 Å². The van der Waals surface area contributed by atoms with Crippen LogP contribution in [-0.2, 0) is 26.5 Å². The number of nitrogens with zero attached hydrogens (tertiary/aromatic N) is 2. The number of fused-ring (bicyclic) bond motifs is 6. The van der Waals surface area contributed by atoms with Gasteiger partial charge in [-0.2, -0.15) is 13.2 Å². The predicted octanol–water partition coefficient (Wildman–Crippen LogP) is 14.3. The number of hydrogen-bond donors (Lipinski definition) is 0. The molecule has 0 aliphatic carbocycles. The van der Waals surface area contributed by atoms with Gasteiger partial charge in [-0.1, -0.05) is 104 Å². The van der Waals surface area contributed by atoms with Gasteiger partial charge in [0.2, 0.25) is 0 Å². The number of aromatic nitrogens is 2. The van der Waals surface area contributed by atoms with Gasteiger partial charge in [0.15, 0.2) is 0 Å². The van der Waals surface area contributed by atoms with Crippen molar-refractivity contribution in [3.05, 3.63) is 168 Å². The summed E-state index contributed by atoms with van der Waals surface area (Å²) in [5, 5.41) is 5.71. The van der Waals surface area contributed by atoms with E-state index < -0.39 is 56.5 Å². The van der Waals surface area contributed by atoms with Gasteiger partial charge >= 0.3 is 6.18 Å². The van der Waals surface area contributed by atoms with Crippen LogP contribution in [0.4, 0.5) is 13.2 Å². The summed E-state index contributed by atoms with van der Waals surface area (Å²) in [6.07, 6.45) is -5.58. The zero-order valence-corrected chi connectivity index (χ0v) is 33.3. The van der Waals surface area contributed by atoms with Crippen molar-refractivity contribution in [1.82, 2.24) is 9.97 Å². The Morgan fingerprint density at radius 3 is 2.21 bits per heavy atom. The minimum absolute atomic E-state index is 0. The largest absolute Gasteiger partial charge is 0.501 e. The van der Waals surface area contributed by atoms with Gasteiger partial charge in [0.05, 0.1) is 11.0 Å². The van der Waals surface area contributed by atoms with Crippen LogP contribution < -0.4 is 0 Å². The van der Waals surface area contributed by atoms with Crippen molar-refractivity contribution in [1.29, 1.82) is 0 Å². The van der Waals surface area contributed by atoms with Crippen molar-refractivity contribution < 1.29 is 56.9 Å². The molecule has 9 aromatic rings. The molecule has 0 bridgehead atoms. The quantitative estimate of drug-likeness (QED) is 0.127. The molecule has 0 saturated carbocycles. The van der Waals surface area contributed by atoms with Crippen LogP contribution in [0.3, 0.4) is 0 Å². The van der Waals surface area contributed by atoms with Crippen LogP contribution in [0.25, 0.3) is 77.1 Å². The van der Waals surface area contributed by atoms with Gasteiger partial charge in [-0.05, 0) is 105 Å². The van der Waals surface area contributed by atoms with Gasteiger partial charge < -0.3 is 14.4 Å². The van der Waals surface area contributed by atoms with Crippen molar-refractivity contribution >= 4 is 43.5 Å². The molecule has 0 saturated heterocycles. The molecule has 58 heavy (non-hydrogen) atoms. The summed E-state index contributed by atoms with van der Waals surface area (Å²) in [5.41, 5.74) is -1.19. The Labute approximate surface area is 370 Å². The molecule has 6 aromatic carbocycles. The fourth-order valence-corrected chi connectivity index (χ4v) is 6.67. The van der Waals surface area contributed by atoms with Crippen LogP contribution in [0, 0.1) is 45.0 Å². The number of benzene rings is 6. The minimum atomic E-state index is -4.96. The van der Waals surface area contributed by atoms with E-state index >= 15 is 0 Å². The molecule has 7 heteroatoms. The summed E-state index contributed by atoms with van der Waals surface area (Å²) in [5.74, 6) is 0. The maximum atomic E-state index is 14.0. The van der Waals surface area contributed by atoms with Crippen LogP contribution in [-0.4, -0.2) is 16.1 Å². The molecule has 0 aliphatic heterocycles. The summed E-state index contributed by atoms with van der Waals surface area (Å²) in [6.45, 7) is -8.66. The maximum Gasteiger partial charge on any atom is 0.394 e. The first-order chi connectivity index (χ1) is 32.9. The molecule has 0 fully saturated rings. The van der Waals surface area contributed by atoms with E-state index in [2.05, 4.69) is 22.1 Å². The molecule has 0 spiro atoms. The van der Waals surface area contributed by atoms with Crippen molar-refractivity contribution in [3.63, 3.8) is 0 Å². The van der Waals surface area contributed by atoms with Gasteiger partial charge in [0.1, 0.15) is 5.58 Å². The second-order valence-electron chi connectivity index (χ2n) is 14.1. The van der Waals surface area contributed by atoms with Gasteiger partial charge in [0.25, 0.3) is 0 Å². The van der Waals surface area contributed by atoms with Crippen LogP contribution in [0.2, 0.25) is 0 Å². The fourth-order valence-electron chi connectivity index (χ4n) is 6.67. The summed E-state index contributed by atoms with van der Waals surface area (Å²) < 4.78 is 158. The van der Waals surface area contributed by atoms with E-state index in [1.807, 2.05) is 54.6 Å². The second-order valence-corrected chi connectivity index (χ2v) is 14.1. The number of aryl methyl sites for hydroxylation is 4. The van der Waals surface area contributed by atoms with Crippen LogP contribution in [0.5, 0.6) is 0 Å². The first-order valence-electron chi connectivity index (χ1n) is 24.8. The Bertz CT molecular complexity index is 3420. The fraction of sp³-hybridized carbons (Fsp3) is 0.176. The SMILES string of the molecule is [2H]C([2H])([2H])c1c[c-]c(-c2ccc(C([2H])([2H])[2H])cn2)cc1.[2H]C([2H])([2H])c1cnc(-c2[c-]ccc3c2oc2cc4c(ccc5ccccc54)cc23)cc1-c1ccc(C([2H])([2H])C(C)(C)C(F)(F)F)cc1C([2H])([2H])[2H].[Ir]. The van der Waals surface area contributed by atoms with E-state index in [4.69, 9.17) is 23.6 Å². The maximum absolute atomic E-state index is 14.0. The van der Waals surface area contributed by atoms with E-state index in [0.29, 0.717) is 41.8 Å². The summed E-state index contributed by atoms with van der Waals surface area (Å²) in [6, 6.07) is 37.7. The summed E-state index contributed by atoms with van der Waals surface area (Å²) >= 11 is 0. The monoisotopic (exact) mass is 961 g/mol. The Morgan fingerprint density at radius 2 is 1.47 bits per heavy atom. The molecule has 3 aromatic heterocycles. The first-order valence-corrected chi connectivity index (χ1v) is 17.8. The van der Waals surface area contributed by atoms with Crippen LogP contribution in [0.1, 0.15) is 60.9 Å². The predicted molar refractivity (Wildman–Crippen MR) is 227 cm³/mol. The first kappa shape index (κ1) is 26.4. The van der Waals surface area contributed by atoms with Crippen molar-refractivity contribution in [3.8, 4) is 33.6 Å². The van der Waals surface area contributed by atoms with Crippen molar-refractivity contribution in [2.75, 3.05) is 0 Å². The molecular formula is C51H41F3IrN2O-2. The molecular weight excluding hydrogens is 906 g/mol. The summed E-state index contributed by atoms with van der Waals surface area (Å²) in [7, 11) is 0. The van der Waals surface area contributed by atoms with Gasteiger partial charge in [-0.3, -0.25) is 0 Å². The number of pyridine rings is 2. The number of furan rings is 1. The second kappa shape index (κ2) is 16.0. The van der Waals surface area contributed by atoms with Crippen LogP contribution >= 0.6 is 0 Å². The zero-order chi connectivity index (χ0) is 51.9. The van der Waals surface area contributed by atoms with Gasteiger partial charge in [-0.25, -0.2) is 0 Å². The van der Waals surface area contributed by atoms with Crippen LogP contribution in [0.15, 0.2) is 132 Å². The molecule has 0 unspecified atom stereocenters. The third kappa shape index (κ3) is 7.94. The third-order valence-electron chi connectivity index (χ3n) is 9.78. The number of rotatable bonds is 5. The number of halogens is 3. The topological polar surface area (TPSA) is 38.9 Å². The molecule has 293 valence electrons. The molecule has 3 heterocycles. The molecule has 0 aliphatic rings. The number of hydrogen-bond acceptors (Lipinski definition) is 3. The molecule has 1 radical (unpaired) electrons. The van der Waals surface area contributed by atoms with E-state index in [1.165, 1.54) is 30.5 Å². The number of alkyl halides is 3. The minimum Gasteiger partial charge on any atom is -0.501 e. The van der Waals surface area contributed by atoms with E-state index in [1.54, 1.807) is 18.2 Å². The van der Waals surface area contributed by atoms with E-state index in [-0.39, 0.29) is 53.6 Å². The molecule has 9 rings (SSSR count). The Morgan fingerprint density at radius 1 is 0.672 bits per heavy atom. The molecule has 3 nitrogen and oxygen atoms in total. The molecule has 0 amide bonds. The van der Waals surface area contributed by atoms with Gasteiger partial charge in [-0.15, -0.1) is 53.6 Å². The third-order valence-corrected chi connectivity index (χ3v) is 9.78. The average Bonchev–Trinajstić information content (AvgIpc) is 3.67. The normalized spacial score (nSPS) is 16.5. The van der Waals surface area contributed by atoms with Crippen molar-refractivity contribution in [2.24, 2.45) is 5.41 Å². The smallest absolute Gasteiger partial charge is 0.394 e. The molecule has 0 N–H and O–H groups in total. The summed E-state index contributed by atoms with van der Waals surface area (Å²) in [4.78, 5) is 8.52. The Balaban J connectivity index is 0.000000304. The zero-order valence-electron chi connectivity index (χ0n) is 44.9. The van der Waals surface area contributed by atoms with Gasteiger partial charge in [0, 0.05) is 57.1 Å². The average molecular weight is 961 g/mol. The van der Waals surface area contributed by atoms with Crippen molar-refractivity contribution in [2.45, 2.75) is 53.8 Å². The standard InChI is InChI=1S/C38H29F3NO.C13H12N.Ir/c1-22-16-24(20-37(3,4)38(39,40)41)12-15-27(22)31-18-34(42-21-23(31)2)30-11-7-10-29-33-17-26-14-13-25-8-5-6-9-28(25)32(26)19-35(33)43-36(29)30;1-10-3-6-12(7-4-10)13-8-5-11(2)9-14-13;/h5-10,12-19,21H,20H2,1-4H3;3-6,8-9H,1-2H3;/q2*-1;/i1D3,2D3,20D2;1D3,2D3;. The molecule has 0 atom stereocenters. The van der Waals surface area contributed by atoms with E-state index in [9.17, 15) is 13.2 Å². The Hall–Kier alpha value is -5.62.